The number of guanidine groups is 1. The van der Waals surface area contributed by atoms with E-state index < -0.39 is 0 Å². The van der Waals surface area contributed by atoms with Crippen LogP contribution in [0.2, 0.25) is 0 Å². The number of hydrogen-bond acceptors (Lipinski definition) is 5. The van der Waals surface area contributed by atoms with Crippen LogP contribution < -0.4 is 16.4 Å². The Labute approximate surface area is 192 Å². The first-order valence-electron chi connectivity index (χ1n) is 11.5. The van der Waals surface area contributed by atoms with Gasteiger partial charge in [0.15, 0.2) is 5.96 Å². The first-order chi connectivity index (χ1) is 15.4. The topological polar surface area (TPSA) is 107 Å². The smallest absolute Gasteiger partial charge is 0.191 e. The molecule has 0 atom stereocenters. The molecule has 0 fully saturated rings. The van der Waals surface area contributed by atoms with Crippen LogP contribution in [0.25, 0.3) is 5.69 Å². The summed E-state index contributed by atoms with van der Waals surface area (Å²) in [4.78, 5) is 7.14. The average molecular weight is 439 g/mol. The summed E-state index contributed by atoms with van der Waals surface area (Å²) in [6.45, 7) is 14.2. The van der Waals surface area contributed by atoms with E-state index in [9.17, 15) is 5.26 Å². The first kappa shape index (κ1) is 25.2. The lowest BCUT2D eigenvalue weighted by Gasteiger charge is -2.30. The van der Waals surface area contributed by atoms with Gasteiger partial charge in [0.05, 0.1) is 11.4 Å². The van der Waals surface area contributed by atoms with Gasteiger partial charge in [0.25, 0.3) is 0 Å². The molecule has 0 radical (unpaired) electrons. The second-order valence-electron chi connectivity index (χ2n) is 8.28. The van der Waals surface area contributed by atoms with Crippen LogP contribution in [0.3, 0.4) is 0 Å². The molecule has 0 saturated heterocycles. The number of aryl methyl sites for hydroxylation is 1. The fraction of sp³-hybridized carbons (Fsp3) is 0.542. The van der Waals surface area contributed by atoms with Crippen molar-refractivity contribution >= 4 is 11.8 Å². The molecule has 0 aliphatic carbocycles. The van der Waals surface area contributed by atoms with E-state index >= 15 is 0 Å². The van der Waals surface area contributed by atoms with Crippen LogP contribution in [0.1, 0.15) is 52.3 Å². The minimum absolute atomic E-state index is 0.382. The lowest BCUT2D eigenvalue weighted by molar-refractivity contribution is 0.178. The molecule has 2 aromatic rings. The van der Waals surface area contributed by atoms with Gasteiger partial charge in [-0.2, -0.15) is 10.4 Å². The van der Waals surface area contributed by atoms with E-state index in [0.29, 0.717) is 42.1 Å². The number of nitriles is 1. The summed E-state index contributed by atoms with van der Waals surface area (Å²) >= 11 is 0. The molecule has 8 nitrogen and oxygen atoms in total. The Hall–Kier alpha value is -3.05. The van der Waals surface area contributed by atoms with Crippen LogP contribution >= 0.6 is 0 Å². The zero-order valence-corrected chi connectivity index (χ0v) is 20.1. The Morgan fingerprint density at radius 2 is 1.88 bits per heavy atom. The Morgan fingerprint density at radius 1 is 1.19 bits per heavy atom. The number of nitrogens with zero attached hydrogens (tertiary/aromatic N) is 5. The number of benzene rings is 1. The van der Waals surface area contributed by atoms with Crippen molar-refractivity contribution in [1.29, 1.82) is 5.26 Å². The number of rotatable bonds is 11. The number of aliphatic imine (C=N–C) groups is 1. The molecule has 0 amide bonds. The van der Waals surface area contributed by atoms with Gasteiger partial charge in [-0.25, -0.2) is 4.68 Å². The van der Waals surface area contributed by atoms with Gasteiger partial charge >= 0.3 is 0 Å². The molecule has 4 N–H and O–H groups in total. The number of nitrogen functional groups attached to an aromatic ring is 1. The van der Waals surface area contributed by atoms with Crippen molar-refractivity contribution in [2.75, 3.05) is 31.9 Å². The monoisotopic (exact) mass is 438 g/mol. The van der Waals surface area contributed by atoms with E-state index in [1.165, 1.54) is 0 Å². The molecule has 0 bridgehead atoms. The Kier molecular flexibility index (Phi) is 10.0. The molecule has 1 heterocycles. The third-order valence-electron chi connectivity index (χ3n) is 5.28. The highest BCUT2D eigenvalue weighted by molar-refractivity contribution is 5.79. The van der Waals surface area contributed by atoms with E-state index in [4.69, 9.17) is 5.73 Å². The van der Waals surface area contributed by atoms with Crippen molar-refractivity contribution in [3.05, 3.63) is 41.6 Å². The molecule has 0 unspecified atom stereocenters. The Bertz CT molecular complexity index is 885. The maximum Gasteiger partial charge on any atom is 0.191 e. The van der Waals surface area contributed by atoms with Crippen molar-refractivity contribution in [2.24, 2.45) is 4.99 Å². The van der Waals surface area contributed by atoms with Crippen molar-refractivity contribution in [1.82, 2.24) is 25.3 Å². The molecule has 0 aliphatic rings. The summed E-state index contributed by atoms with van der Waals surface area (Å²) in [5.41, 5.74) is 8.20. The lowest BCUT2D eigenvalue weighted by Crippen LogP contribution is -2.45. The summed E-state index contributed by atoms with van der Waals surface area (Å²) in [6, 6.07) is 12.9. The number of aromatic nitrogens is 2. The third kappa shape index (κ3) is 6.99. The maximum absolute atomic E-state index is 9.56. The molecule has 0 spiro atoms. The minimum Gasteiger partial charge on any atom is -0.382 e. The Morgan fingerprint density at radius 3 is 2.47 bits per heavy atom. The summed E-state index contributed by atoms with van der Waals surface area (Å²) in [7, 11) is 0. The van der Waals surface area contributed by atoms with E-state index in [1.807, 2.05) is 30.3 Å². The summed E-state index contributed by atoms with van der Waals surface area (Å²) in [6.07, 6.45) is 1.42. The average Bonchev–Trinajstić information content (AvgIpc) is 3.09. The van der Waals surface area contributed by atoms with Gasteiger partial charge in [-0.3, -0.25) is 9.89 Å². The molecular formula is C24H38N8. The zero-order chi connectivity index (χ0) is 23.5. The van der Waals surface area contributed by atoms with Crippen LogP contribution in [0.4, 0.5) is 5.82 Å². The van der Waals surface area contributed by atoms with Gasteiger partial charge in [-0.05, 0) is 59.6 Å². The summed E-state index contributed by atoms with van der Waals surface area (Å²) < 4.78 is 1.64. The normalized spacial score (nSPS) is 11.9. The maximum atomic E-state index is 9.56. The van der Waals surface area contributed by atoms with E-state index in [2.05, 4.69) is 66.3 Å². The molecular weight excluding hydrogens is 400 g/mol. The predicted octanol–water partition coefficient (Wildman–Crippen LogP) is 2.93. The minimum atomic E-state index is 0.382. The number of nitrogens with one attached hydrogen (secondary N) is 2. The quantitative estimate of drug-likeness (QED) is 0.283. The van der Waals surface area contributed by atoms with E-state index in [1.54, 1.807) is 4.68 Å². The molecule has 0 saturated carbocycles. The molecule has 1 aromatic carbocycles. The molecule has 32 heavy (non-hydrogen) atoms. The van der Waals surface area contributed by atoms with Crippen LogP contribution in [-0.4, -0.2) is 58.9 Å². The third-order valence-corrected chi connectivity index (χ3v) is 5.28. The van der Waals surface area contributed by atoms with Crippen molar-refractivity contribution in [3.63, 3.8) is 0 Å². The van der Waals surface area contributed by atoms with Gasteiger partial charge < -0.3 is 16.4 Å². The highest BCUT2D eigenvalue weighted by atomic mass is 15.3. The summed E-state index contributed by atoms with van der Waals surface area (Å²) in [5, 5.41) is 20.9. The van der Waals surface area contributed by atoms with Gasteiger partial charge in [0, 0.05) is 38.3 Å². The van der Waals surface area contributed by atoms with E-state index in [-0.39, 0.29) is 0 Å². The molecule has 174 valence electrons. The SMILES string of the molecule is CCNC(=NCCCc1nn(-c2ccccc2)c(N)c1C#N)NCCN(C(C)C)C(C)C. The Balaban J connectivity index is 1.95. The van der Waals surface area contributed by atoms with Crippen LogP contribution in [-0.2, 0) is 6.42 Å². The highest BCUT2D eigenvalue weighted by Gasteiger charge is 2.16. The fourth-order valence-electron chi connectivity index (χ4n) is 3.74. The summed E-state index contributed by atoms with van der Waals surface area (Å²) in [5.74, 6) is 1.20. The van der Waals surface area contributed by atoms with Gasteiger partial charge in [-0.1, -0.05) is 18.2 Å². The largest absolute Gasteiger partial charge is 0.382 e. The number of nitrogens with two attached hydrogens (primary N) is 1. The predicted molar refractivity (Wildman–Crippen MR) is 132 cm³/mol. The second-order valence-corrected chi connectivity index (χ2v) is 8.28. The van der Waals surface area contributed by atoms with Crippen LogP contribution in [0, 0.1) is 11.3 Å². The van der Waals surface area contributed by atoms with Gasteiger partial charge in [-0.15, -0.1) is 0 Å². The van der Waals surface area contributed by atoms with Crippen LogP contribution in [0.5, 0.6) is 0 Å². The number of hydrogen-bond donors (Lipinski definition) is 3. The molecule has 1 aromatic heterocycles. The zero-order valence-electron chi connectivity index (χ0n) is 20.1. The molecule has 0 aliphatic heterocycles. The number of anilines is 1. The fourth-order valence-corrected chi connectivity index (χ4v) is 3.74. The lowest BCUT2D eigenvalue weighted by atomic mass is 10.1. The number of para-hydroxylation sites is 1. The van der Waals surface area contributed by atoms with Gasteiger partial charge in [0.2, 0.25) is 0 Å². The van der Waals surface area contributed by atoms with Crippen molar-refractivity contribution in [2.45, 2.75) is 59.5 Å². The standard InChI is InChI=1S/C24H38N8/c1-6-27-24(29-15-16-31(18(2)3)19(4)5)28-14-10-13-22-21(17-25)23(26)32(30-22)20-11-8-7-9-12-20/h7-9,11-12,18-19H,6,10,13-16,26H2,1-5H3,(H2,27,28,29). The first-order valence-corrected chi connectivity index (χ1v) is 11.5. The van der Waals surface area contributed by atoms with E-state index in [0.717, 1.165) is 37.7 Å². The highest BCUT2D eigenvalue weighted by Crippen LogP contribution is 2.21. The second kappa shape index (κ2) is 12.7. The molecule has 8 heteroatoms. The van der Waals surface area contributed by atoms with Crippen LogP contribution in [0.15, 0.2) is 35.3 Å². The molecule has 2 rings (SSSR count). The van der Waals surface area contributed by atoms with Gasteiger partial charge in [0.1, 0.15) is 17.5 Å². The van der Waals surface area contributed by atoms with Crippen molar-refractivity contribution in [3.8, 4) is 11.8 Å². The van der Waals surface area contributed by atoms with Crippen molar-refractivity contribution < 1.29 is 0 Å².